The number of non-ortho nitro benzene ring substituents is 1. The maximum Gasteiger partial charge on any atom is 0.342 e. The van der Waals surface area contributed by atoms with Gasteiger partial charge in [0.05, 0.1) is 18.1 Å². The van der Waals surface area contributed by atoms with Crippen LogP contribution in [0.5, 0.6) is 5.75 Å². The van der Waals surface area contributed by atoms with Crippen molar-refractivity contribution in [1.82, 2.24) is 5.32 Å². The van der Waals surface area contributed by atoms with E-state index < -0.39 is 23.4 Å². The summed E-state index contributed by atoms with van der Waals surface area (Å²) >= 11 is 0. The number of methoxy groups -OCH3 is 1. The van der Waals surface area contributed by atoms with Crippen LogP contribution in [0.2, 0.25) is 0 Å². The van der Waals surface area contributed by atoms with E-state index in [0.717, 1.165) is 18.1 Å². The highest BCUT2D eigenvalue weighted by molar-refractivity contribution is 5.94. The number of amides is 1. The van der Waals surface area contributed by atoms with Crippen LogP contribution >= 0.6 is 0 Å². The SMILES string of the molecule is CCc1ccc([C@@H](C)NC(=O)COC(=O)c2cc([N+](=O)[O-])ccc2OC)cc1. The Bertz CT molecular complexity index is 863. The number of hydrogen-bond donors (Lipinski definition) is 1. The van der Waals surface area contributed by atoms with E-state index in [2.05, 4.69) is 12.2 Å². The highest BCUT2D eigenvalue weighted by atomic mass is 16.6. The number of nitro groups is 1. The van der Waals surface area contributed by atoms with Crippen LogP contribution in [-0.2, 0) is 16.0 Å². The first-order valence-corrected chi connectivity index (χ1v) is 8.73. The van der Waals surface area contributed by atoms with Crippen LogP contribution in [0, 0.1) is 10.1 Å². The molecule has 1 amide bonds. The lowest BCUT2D eigenvalue weighted by atomic mass is 10.1. The Balaban J connectivity index is 1.97. The maximum absolute atomic E-state index is 12.2. The predicted octanol–water partition coefficient (Wildman–Crippen LogP) is 3.20. The van der Waals surface area contributed by atoms with Gasteiger partial charge >= 0.3 is 5.97 Å². The summed E-state index contributed by atoms with van der Waals surface area (Å²) in [6.45, 7) is 3.37. The normalized spacial score (nSPS) is 11.4. The van der Waals surface area contributed by atoms with Crippen molar-refractivity contribution in [3.63, 3.8) is 0 Å². The molecule has 148 valence electrons. The number of carbonyl (C=O) groups is 2. The molecule has 28 heavy (non-hydrogen) atoms. The Morgan fingerprint density at radius 1 is 1.18 bits per heavy atom. The molecule has 0 aromatic heterocycles. The van der Waals surface area contributed by atoms with Crippen molar-refractivity contribution < 1.29 is 24.0 Å². The summed E-state index contributed by atoms with van der Waals surface area (Å²) in [4.78, 5) is 34.6. The second-order valence-corrected chi connectivity index (χ2v) is 6.10. The molecule has 0 heterocycles. The quantitative estimate of drug-likeness (QED) is 0.424. The number of nitro benzene ring substituents is 1. The molecule has 0 aliphatic carbocycles. The average Bonchev–Trinajstić information content (AvgIpc) is 2.71. The fraction of sp³-hybridized carbons (Fsp3) is 0.300. The average molecular weight is 386 g/mol. The number of rotatable bonds is 8. The number of ether oxygens (including phenoxy) is 2. The van der Waals surface area contributed by atoms with Crippen molar-refractivity contribution in [1.29, 1.82) is 0 Å². The van der Waals surface area contributed by atoms with E-state index in [0.29, 0.717) is 0 Å². The van der Waals surface area contributed by atoms with Gasteiger partial charge in [-0.2, -0.15) is 0 Å². The molecule has 1 atom stereocenters. The summed E-state index contributed by atoms with van der Waals surface area (Å²) in [7, 11) is 1.33. The largest absolute Gasteiger partial charge is 0.496 e. The molecule has 0 spiro atoms. The second kappa shape index (κ2) is 9.50. The van der Waals surface area contributed by atoms with Crippen LogP contribution in [0.25, 0.3) is 0 Å². The van der Waals surface area contributed by atoms with Gasteiger partial charge in [-0.3, -0.25) is 14.9 Å². The number of nitrogens with zero attached hydrogens (tertiary/aromatic N) is 1. The Kier molecular flexibility index (Phi) is 7.08. The first-order valence-electron chi connectivity index (χ1n) is 8.73. The smallest absolute Gasteiger partial charge is 0.342 e. The van der Waals surface area contributed by atoms with Gasteiger partial charge in [0.2, 0.25) is 0 Å². The summed E-state index contributed by atoms with van der Waals surface area (Å²) < 4.78 is 10.0. The minimum Gasteiger partial charge on any atom is -0.496 e. The van der Waals surface area contributed by atoms with Crippen molar-refractivity contribution in [2.45, 2.75) is 26.3 Å². The van der Waals surface area contributed by atoms with Gasteiger partial charge in [-0.15, -0.1) is 0 Å². The van der Waals surface area contributed by atoms with Gasteiger partial charge < -0.3 is 14.8 Å². The van der Waals surface area contributed by atoms with E-state index in [1.54, 1.807) is 0 Å². The molecule has 0 aliphatic heterocycles. The molecule has 0 saturated heterocycles. The van der Waals surface area contributed by atoms with Gasteiger partial charge in [-0.05, 0) is 30.5 Å². The molecule has 0 radical (unpaired) electrons. The van der Waals surface area contributed by atoms with Crippen LogP contribution < -0.4 is 10.1 Å². The van der Waals surface area contributed by atoms with Crippen molar-refractivity contribution in [2.24, 2.45) is 0 Å². The molecule has 0 unspecified atom stereocenters. The van der Waals surface area contributed by atoms with E-state index in [1.165, 1.54) is 24.8 Å². The Labute approximate surface area is 162 Å². The van der Waals surface area contributed by atoms with Gasteiger partial charge in [-0.25, -0.2) is 4.79 Å². The van der Waals surface area contributed by atoms with Gasteiger partial charge in [0, 0.05) is 12.1 Å². The van der Waals surface area contributed by atoms with Crippen molar-refractivity contribution >= 4 is 17.6 Å². The molecular weight excluding hydrogens is 364 g/mol. The molecule has 0 fully saturated rings. The molecule has 8 nitrogen and oxygen atoms in total. The molecule has 2 rings (SSSR count). The van der Waals surface area contributed by atoms with Crippen LogP contribution in [0.4, 0.5) is 5.69 Å². The van der Waals surface area contributed by atoms with Crippen LogP contribution in [0.15, 0.2) is 42.5 Å². The zero-order chi connectivity index (χ0) is 20.7. The van der Waals surface area contributed by atoms with Gasteiger partial charge in [0.1, 0.15) is 11.3 Å². The summed E-state index contributed by atoms with van der Waals surface area (Å²) in [6, 6.07) is 11.2. The third-order valence-corrected chi connectivity index (χ3v) is 4.21. The number of benzene rings is 2. The summed E-state index contributed by atoms with van der Waals surface area (Å²) in [5.74, 6) is -1.24. The fourth-order valence-electron chi connectivity index (χ4n) is 2.59. The summed E-state index contributed by atoms with van der Waals surface area (Å²) in [5, 5.41) is 13.6. The fourth-order valence-corrected chi connectivity index (χ4v) is 2.59. The van der Waals surface area contributed by atoms with Gasteiger partial charge in [0.25, 0.3) is 11.6 Å². The number of hydrogen-bond acceptors (Lipinski definition) is 6. The zero-order valence-electron chi connectivity index (χ0n) is 15.9. The first kappa shape index (κ1) is 20.9. The number of esters is 1. The monoisotopic (exact) mass is 386 g/mol. The Hall–Kier alpha value is -3.42. The third-order valence-electron chi connectivity index (χ3n) is 4.21. The van der Waals surface area contributed by atoms with Crippen molar-refractivity contribution in [3.05, 3.63) is 69.3 Å². The minimum atomic E-state index is -0.879. The van der Waals surface area contributed by atoms with E-state index >= 15 is 0 Å². The van der Waals surface area contributed by atoms with E-state index in [4.69, 9.17) is 9.47 Å². The summed E-state index contributed by atoms with van der Waals surface area (Å²) in [6.07, 6.45) is 0.929. The maximum atomic E-state index is 12.2. The van der Waals surface area contributed by atoms with Crippen molar-refractivity contribution in [2.75, 3.05) is 13.7 Å². The highest BCUT2D eigenvalue weighted by Crippen LogP contribution is 2.24. The van der Waals surface area contributed by atoms with E-state index in [9.17, 15) is 19.7 Å². The molecule has 2 aromatic rings. The standard InChI is InChI=1S/C20H22N2O6/c1-4-14-5-7-15(8-6-14)13(2)21-19(23)12-28-20(24)17-11-16(22(25)26)9-10-18(17)27-3/h5-11,13H,4,12H2,1-3H3,(H,21,23)/t13-/m1/s1. The molecule has 1 N–H and O–H groups in total. The molecule has 0 bridgehead atoms. The molecule has 2 aromatic carbocycles. The lowest BCUT2D eigenvalue weighted by molar-refractivity contribution is -0.384. The Morgan fingerprint density at radius 3 is 2.43 bits per heavy atom. The van der Waals surface area contributed by atoms with Crippen LogP contribution in [0.3, 0.4) is 0 Å². The topological polar surface area (TPSA) is 108 Å². The highest BCUT2D eigenvalue weighted by Gasteiger charge is 2.20. The Morgan fingerprint density at radius 2 is 1.86 bits per heavy atom. The first-order chi connectivity index (χ1) is 13.3. The van der Waals surface area contributed by atoms with Gasteiger partial charge in [-0.1, -0.05) is 31.2 Å². The molecular formula is C20H22N2O6. The lowest BCUT2D eigenvalue weighted by Crippen LogP contribution is -2.31. The van der Waals surface area contributed by atoms with E-state index in [1.807, 2.05) is 31.2 Å². The zero-order valence-corrected chi connectivity index (χ0v) is 15.9. The number of carbonyl (C=O) groups excluding carboxylic acids is 2. The van der Waals surface area contributed by atoms with Crippen LogP contribution in [-0.4, -0.2) is 30.5 Å². The summed E-state index contributed by atoms with van der Waals surface area (Å²) in [5.41, 5.74) is 1.73. The molecule has 8 heteroatoms. The molecule has 0 saturated carbocycles. The third kappa shape index (κ3) is 5.29. The van der Waals surface area contributed by atoms with Crippen molar-refractivity contribution in [3.8, 4) is 5.75 Å². The second-order valence-electron chi connectivity index (χ2n) is 6.10. The minimum absolute atomic E-state index is 0.118. The van der Waals surface area contributed by atoms with Gasteiger partial charge in [0.15, 0.2) is 6.61 Å². The predicted molar refractivity (Wildman–Crippen MR) is 102 cm³/mol. The number of nitrogens with one attached hydrogen (secondary N) is 1. The van der Waals surface area contributed by atoms with Crippen LogP contribution in [0.1, 0.15) is 41.4 Å². The molecule has 0 aliphatic rings. The lowest BCUT2D eigenvalue weighted by Gasteiger charge is -2.15. The van der Waals surface area contributed by atoms with E-state index in [-0.39, 0.29) is 23.0 Å². The number of aryl methyl sites for hydroxylation is 1.